The number of benzene rings is 2. The van der Waals surface area contributed by atoms with Gasteiger partial charge in [-0.15, -0.1) is 0 Å². The van der Waals surface area contributed by atoms with Crippen molar-refractivity contribution in [3.8, 4) is 5.75 Å². The molecule has 0 saturated heterocycles. The van der Waals surface area contributed by atoms with Crippen LogP contribution < -0.4 is 4.74 Å². The van der Waals surface area contributed by atoms with Gasteiger partial charge in [0, 0.05) is 31.8 Å². The van der Waals surface area contributed by atoms with Crippen LogP contribution in [0.3, 0.4) is 0 Å². The molecule has 0 unspecified atom stereocenters. The zero-order chi connectivity index (χ0) is 24.7. The van der Waals surface area contributed by atoms with E-state index >= 15 is 0 Å². The molecule has 0 aliphatic carbocycles. The van der Waals surface area contributed by atoms with Crippen LogP contribution in [0.4, 0.5) is 8.78 Å². The number of para-hydroxylation sites is 1. The predicted molar refractivity (Wildman–Crippen MR) is 128 cm³/mol. The van der Waals surface area contributed by atoms with Gasteiger partial charge in [0.25, 0.3) is 11.8 Å². The van der Waals surface area contributed by atoms with Gasteiger partial charge in [0.2, 0.25) is 0 Å². The summed E-state index contributed by atoms with van der Waals surface area (Å²) in [5, 5.41) is 0. The summed E-state index contributed by atoms with van der Waals surface area (Å²) in [6, 6.07) is 9.72. The molecule has 2 aromatic rings. The van der Waals surface area contributed by atoms with Crippen molar-refractivity contribution < 1.29 is 23.1 Å². The van der Waals surface area contributed by atoms with E-state index in [0.717, 1.165) is 43.9 Å². The molecule has 1 atom stereocenters. The lowest BCUT2D eigenvalue weighted by molar-refractivity contribution is 0.0566. The van der Waals surface area contributed by atoms with Gasteiger partial charge >= 0.3 is 0 Å². The minimum atomic E-state index is -0.779. The summed E-state index contributed by atoms with van der Waals surface area (Å²) >= 11 is 0. The van der Waals surface area contributed by atoms with Crippen molar-refractivity contribution in [3.05, 3.63) is 65.2 Å². The predicted octanol–water partition coefficient (Wildman–Crippen LogP) is 5.55. The Morgan fingerprint density at radius 2 is 1.68 bits per heavy atom. The Labute approximate surface area is 200 Å². The standard InChI is InChI=1S/C27H34F2N2O3/c1-19(2)14-23-18-34-25-11-7-6-10-24(25)27(33)30(3)12-8-4-5-9-13-31(23)26(32)20-15-21(28)17-22(29)16-20/h6-7,10-11,15-17,19,23H,4-5,8-9,12-14,18H2,1-3H3/t23-/m0/s1. The van der Waals surface area contributed by atoms with Crippen LogP contribution in [-0.2, 0) is 0 Å². The minimum Gasteiger partial charge on any atom is -0.491 e. The molecule has 0 N–H and O–H groups in total. The summed E-state index contributed by atoms with van der Waals surface area (Å²) in [6.45, 7) is 5.39. The maximum atomic E-state index is 13.9. The van der Waals surface area contributed by atoms with E-state index < -0.39 is 17.5 Å². The van der Waals surface area contributed by atoms with Crippen LogP contribution in [0.1, 0.15) is 66.7 Å². The fraction of sp³-hybridized carbons (Fsp3) is 0.481. The third-order valence-corrected chi connectivity index (χ3v) is 6.09. The van der Waals surface area contributed by atoms with E-state index in [1.54, 1.807) is 35.0 Å². The largest absolute Gasteiger partial charge is 0.491 e. The maximum Gasteiger partial charge on any atom is 0.257 e. The molecule has 0 radical (unpaired) electrons. The average molecular weight is 473 g/mol. The first-order valence-electron chi connectivity index (χ1n) is 12.0. The van der Waals surface area contributed by atoms with Crippen molar-refractivity contribution >= 4 is 11.8 Å². The van der Waals surface area contributed by atoms with Gasteiger partial charge in [0.05, 0.1) is 11.6 Å². The number of carbonyl (C=O) groups is 2. The molecule has 2 aromatic carbocycles. The van der Waals surface area contributed by atoms with E-state index in [1.165, 1.54) is 0 Å². The van der Waals surface area contributed by atoms with Gasteiger partial charge in [-0.2, -0.15) is 0 Å². The molecule has 5 nitrogen and oxygen atoms in total. The monoisotopic (exact) mass is 472 g/mol. The van der Waals surface area contributed by atoms with E-state index in [-0.39, 0.29) is 30.0 Å². The van der Waals surface area contributed by atoms with Gasteiger partial charge < -0.3 is 14.5 Å². The molecule has 1 heterocycles. The molecule has 1 aliphatic rings. The Balaban J connectivity index is 1.95. The first kappa shape index (κ1) is 25.7. The van der Waals surface area contributed by atoms with Crippen molar-refractivity contribution in [1.82, 2.24) is 9.80 Å². The molecule has 7 heteroatoms. The summed E-state index contributed by atoms with van der Waals surface area (Å²) in [7, 11) is 1.80. The SMILES string of the molecule is CC(C)C[C@H]1COc2ccccc2C(=O)N(C)CCCCCCN1C(=O)c1cc(F)cc(F)c1. The lowest BCUT2D eigenvalue weighted by Crippen LogP contribution is -2.45. The number of carbonyl (C=O) groups excluding carboxylic acids is 2. The second kappa shape index (κ2) is 12.0. The number of hydrogen-bond acceptors (Lipinski definition) is 3. The van der Waals surface area contributed by atoms with Crippen LogP contribution >= 0.6 is 0 Å². The van der Waals surface area contributed by atoms with Gasteiger partial charge in [0.15, 0.2) is 0 Å². The first-order valence-corrected chi connectivity index (χ1v) is 12.0. The number of rotatable bonds is 3. The van der Waals surface area contributed by atoms with Gasteiger partial charge in [-0.05, 0) is 49.4 Å². The summed E-state index contributed by atoms with van der Waals surface area (Å²) in [4.78, 5) is 29.9. The third-order valence-electron chi connectivity index (χ3n) is 6.09. The van der Waals surface area contributed by atoms with Crippen LogP contribution in [-0.4, -0.2) is 54.4 Å². The Hall–Kier alpha value is -2.96. The molecule has 0 saturated carbocycles. The van der Waals surface area contributed by atoms with Crippen molar-refractivity contribution in [2.75, 3.05) is 26.7 Å². The molecule has 3 rings (SSSR count). The highest BCUT2D eigenvalue weighted by Crippen LogP contribution is 2.24. The highest BCUT2D eigenvalue weighted by molar-refractivity contribution is 5.97. The lowest BCUT2D eigenvalue weighted by Gasteiger charge is -2.33. The van der Waals surface area contributed by atoms with Crippen molar-refractivity contribution in [3.63, 3.8) is 0 Å². The van der Waals surface area contributed by atoms with Crippen LogP contribution in [0.2, 0.25) is 0 Å². The summed E-state index contributed by atoms with van der Waals surface area (Å²) in [5.41, 5.74) is 0.472. The number of halogens is 2. The number of fused-ring (bicyclic) bond motifs is 1. The molecule has 184 valence electrons. The van der Waals surface area contributed by atoms with Gasteiger partial charge in [-0.1, -0.05) is 38.8 Å². The number of ether oxygens (including phenoxy) is 1. The zero-order valence-corrected chi connectivity index (χ0v) is 20.2. The quantitative estimate of drug-likeness (QED) is 0.589. The molecule has 2 amide bonds. The Morgan fingerprint density at radius 3 is 2.35 bits per heavy atom. The molecule has 0 aromatic heterocycles. The topological polar surface area (TPSA) is 49.9 Å². The van der Waals surface area contributed by atoms with E-state index in [0.29, 0.717) is 30.8 Å². The average Bonchev–Trinajstić information content (AvgIpc) is 2.79. The molecule has 0 spiro atoms. The molecule has 34 heavy (non-hydrogen) atoms. The van der Waals surface area contributed by atoms with Crippen molar-refractivity contribution in [2.24, 2.45) is 5.92 Å². The molecule has 0 bridgehead atoms. The Morgan fingerprint density at radius 1 is 1.03 bits per heavy atom. The third kappa shape index (κ3) is 6.78. The first-order chi connectivity index (χ1) is 16.3. The lowest BCUT2D eigenvalue weighted by atomic mass is 10.0. The fourth-order valence-electron chi connectivity index (χ4n) is 4.37. The minimum absolute atomic E-state index is 0.00965. The summed E-state index contributed by atoms with van der Waals surface area (Å²) in [6.07, 6.45) is 4.06. The Bertz CT molecular complexity index is 975. The molecule has 0 fully saturated rings. The molecular formula is C27H34F2N2O3. The second-order valence-electron chi connectivity index (χ2n) is 9.39. The number of amides is 2. The summed E-state index contributed by atoms with van der Waals surface area (Å²) in [5.74, 6) is -1.35. The van der Waals surface area contributed by atoms with E-state index in [4.69, 9.17) is 4.74 Å². The second-order valence-corrected chi connectivity index (χ2v) is 9.39. The normalized spacial score (nSPS) is 18.3. The van der Waals surface area contributed by atoms with Gasteiger partial charge in [-0.25, -0.2) is 8.78 Å². The van der Waals surface area contributed by atoms with E-state index in [2.05, 4.69) is 13.8 Å². The maximum absolute atomic E-state index is 13.9. The van der Waals surface area contributed by atoms with E-state index in [1.807, 2.05) is 6.07 Å². The zero-order valence-electron chi connectivity index (χ0n) is 20.2. The van der Waals surface area contributed by atoms with Crippen LogP contribution in [0.15, 0.2) is 42.5 Å². The van der Waals surface area contributed by atoms with Crippen LogP contribution in [0.5, 0.6) is 5.75 Å². The van der Waals surface area contributed by atoms with Gasteiger partial charge in [-0.3, -0.25) is 9.59 Å². The Kier molecular flexibility index (Phi) is 9.02. The van der Waals surface area contributed by atoms with Crippen LogP contribution in [0.25, 0.3) is 0 Å². The fourth-order valence-corrected chi connectivity index (χ4v) is 4.37. The van der Waals surface area contributed by atoms with E-state index in [9.17, 15) is 18.4 Å². The van der Waals surface area contributed by atoms with Gasteiger partial charge in [0.1, 0.15) is 24.0 Å². The number of hydrogen-bond donors (Lipinski definition) is 0. The smallest absolute Gasteiger partial charge is 0.257 e. The number of nitrogens with zero attached hydrogens (tertiary/aromatic N) is 2. The summed E-state index contributed by atoms with van der Waals surface area (Å²) < 4.78 is 33.9. The van der Waals surface area contributed by atoms with Crippen molar-refractivity contribution in [1.29, 1.82) is 0 Å². The van der Waals surface area contributed by atoms with Crippen molar-refractivity contribution in [2.45, 2.75) is 52.0 Å². The highest BCUT2D eigenvalue weighted by Gasteiger charge is 2.28. The van der Waals surface area contributed by atoms with Crippen LogP contribution in [0, 0.1) is 17.6 Å². The molecule has 1 aliphatic heterocycles. The molecular weight excluding hydrogens is 438 g/mol. The highest BCUT2D eigenvalue weighted by atomic mass is 19.1.